The van der Waals surface area contributed by atoms with Crippen LogP contribution in [0, 0.1) is 5.92 Å². The maximum Gasteiger partial charge on any atom is 0.306 e. The molecule has 0 aliphatic rings. The van der Waals surface area contributed by atoms with E-state index < -0.39 is 5.97 Å². The van der Waals surface area contributed by atoms with Crippen LogP contribution in [0.3, 0.4) is 0 Å². The summed E-state index contributed by atoms with van der Waals surface area (Å²) in [5.74, 6) is -0.354. The first kappa shape index (κ1) is 14.3. The zero-order valence-corrected chi connectivity index (χ0v) is 10.7. The van der Waals surface area contributed by atoms with Gasteiger partial charge in [0, 0.05) is 13.0 Å². The molecule has 0 aliphatic carbocycles. The Kier molecular flexibility index (Phi) is 5.42. The minimum absolute atomic E-state index is 0.252. The Labute approximate surface area is 106 Å². The van der Waals surface area contributed by atoms with E-state index in [1.807, 2.05) is 6.92 Å². The molecule has 0 bridgehead atoms. The van der Waals surface area contributed by atoms with Crippen LogP contribution in [0.15, 0.2) is 16.5 Å². The van der Waals surface area contributed by atoms with Gasteiger partial charge in [0.05, 0.1) is 5.92 Å². The maximum atomic E-state index is 11.6. The summed E-state index contributed by atoms with van der Waals surface area (Å²) < 4.78 is 5.30. The number of furan rings is 1. The fourth-order valence-electron chi connectivity index (χ4n) is 1.51. The SMILES string of the molecule is CCc1ccc(C(=O)NCCCC(C)C(=O)O)o1. The summed E-state index contributed by atoms with van der Waals surface area (Å²) in [5.41, 5.74) is 0. The number of carboxylic acid groups (broad SMARTS) is 1. The van der Waals surface area contributed by atoms with E-state index in [1.165, 1.54) is 0 Å². The van der Waals surface area contributed by atoms with E-state index in [9.17, 15) is 9.59 Å². The van der Waals surface area contributed by atoms with Crippen molar-refractivity contribution in [2.24, 2.45) is 5.92 Å². The monoisotopic (exact) mass is 253 g/mol. The number of aryl methyl sites for hydroxylation is 1. The number of hydrogen-bond acceptors (Lipinski definition) is 3. The number of hydrogen-bond donors (Lipinski definition) is 2. The predicted octanol–water partition coefficient (Wildman–Crippen LogP) is 2.07. The van der Waals surface area contributed by atoms with Crippen molar-refractivity contribution in [2.75, 3.05) is 6.54 Å². The van der Waals surface area contributed by atoms with Gasteiger partial charge in [-0.3, -0.25) is 9.59 Å². The molecule has 0 fully saturated rings. The van der Waals surface area contributed by atoms with Crippen LogP contribution < -0.4 is 5.32 Å². The van der Waals surface area contributed by atoms with Gasteiger partial charge in [0.1, 0.15) is 5.76 Å². The summed E-state index contributed by atoms with van der Waals surface area (Å²) in [4.78, 5) is 22.2. The van der Waals surface area contributed by atoms with Crippen molar-refractivity contribution in [3.63, 3.8) is 0 Å². The van der Waals surface area contributed by atoms with Gasteiger partial charge < -0.3 is 14.8 Å². The average Bonchev–Trinajstić information content (AvgIpc) is 2.82. The van der Waals surface area contributed by atoms with E-state index in [0.717, 1.165) is 12.2 Å². The zero-order valence-electron chi connectivity index (χ0n) is 10.7. The number of amides is 1. The molecule has 1 aromatic heterocycles. The van der Waals surface area contributed by atoms with Crippen LogP contribution >= 0.6 is 0 Å². The lowest BCUT2D eigenvalue weighted by Crippen LogP contribution is -2.24. The third-order valence-electron chi connectivity index (χ3n) is 2.75. The van der Waals surface area contributed by atoms with Gasteiger partial charge in [-0.1, -0.05) is 13.8 Å². The van der Waals surface area contributed by atoms with Gasteiger partial charge in [-0.2, -0.15) is 0 Å². The van der Waals surface area contributed by atoms with Crippen molar-refractivity contribution in [2.45, 2.75) is 33.1 Å². The third kappa shape index (κ3) is 4.24. The van der Waals surface area contributed by atoms with Crippen molar-refractivity contribution in [3.8, 4) is 0 Å². The smallest absolute Gasteiger partial charge is 0.306 e. The van der Waals surface area contributed by atoms with Crippen molar-refractivity contribution in [3.05, 3.63) is 23.7 Å². The standard InChI is InChI=1S/C13H19NO4/c1-3-10-6-7-11(18-10)12(15)14-8-4-5-9(2)13(16)17/h6-7,9H,3-5,8H2,1-2H3,(H,14,15)(H,16,17). The fourth-order valence-corrected chi connectivity index (χ4v) is 1.51. The number of carboxylic acids is 1. The molecule has 5 heteroatoms. The van der Waals surface area contributed by atoms with Crippen LogP contribution in [0.5, 0.6) is 0 Å². The lowest BCUT2D eigenvalue weighted by Gasteiger charge is -2.06. The molecule has 0 radical (unpaired) electrons. The molecule has 5 nitrogen and oxygen atoms in total. The Balaban J connectivity index is 2.27. The predicted molar refractivity (Wildman–Crippen MR) is 66.5 cm³/mol. The van der Waals surface area contributed by atoms with Gasteiger partial charge in [-0.15, -0.1) is 0 Å². The van der Waals surface area contributed by atoms with E-state index in [4.69, 9.17) is 9.52 Å². The van der Waals surface area contributed by atoms with Gasteiger partial charge in [0.25, 0.3) is 5.91 Å². The molecule has 2 N–H and O–H groups in total. The quantitative estimate of drug-likeness (QED) is 0.729. The Morgan fingerprint density at radius 2 is 2.17 bits per heavy atom. The molecule has 0 saturated heterocycles. The number of rotatable bonds is 7. The molecule has 1 rings (SSSR count). The summed E-state index contributed by atoms with van der Waals surface area (Å²) in [6.07, 6.45) is 1.94. The Morgan fingerprint density at radius 1 is 1.44 bits per heavy atom. The van der Waals surface area contributed by atoms with Gasteiger partial charge in [-0.05, 0) is 25.0 Å². The van der Waals surface area contributed by atoms with Crippen molar-refractivity contribution in [1.82, 2.24) is 5.32 Å². The van der Waals surface area contributed by atoms with Crippen LogP contribution in [-0.2, 0) is 11.2 Å². The van der Waals surface area contributed by atoms with Crippen LogP contribution in [0.1, 0.15) is 43.0 Å². The Hall–Kier alpha value is -1.78. The molecule has 0 saturated carbocycles. The average molecular weight is 253 g/mol. The van der Waals surface area contributed by atoms with Crippen molar-refractivity contribution < 1.29 is 19.1 Å². The molecule has 1 heterocycles. The highest BCUT2D eigenvalue weighted by Crippen LogP contribution is 2.08. The van der Waals surface area contributed by atoms with Crippen LogP contribution in [0.25, 0.3) is 0 Å². The second-order valence-electron chi connectivity index (χ2n) is 4.26. The molecule has 0 spiro atoms. The first-order valence-electron chi connectivity index (χ1n) is 6.14. The molecule has 1 amide bonds. The number of nitrogens with one attached hydrogen (secondary N) is 1. The molecule has 18 heavy (non-hydrogen) atoms. The molecule has 1 unspecified atom stereocenters. The number of aliphatic carboxylic acids is 1. The summed E-state index contributed by atoms with van der Waals surface area (Å²) in [6, 6.07) is 3.43. The minimum atomic E-state index is -0.806. The summed E-state index contributed by atoms with van der Waals surface area (Å²) in [5, 5.41) is 11.4. The second-order valence-corrected chi connectivity index (χ2v) is 4.26. The minimum Gasteiger partial charge on any atom is -0.481 e. The molecule has 0 aromatic carbocycles. The molecule has 100 valence electrons. The Bertz CT molecular complexity index is 411. The molecule has 1 atom stereocenters. The zero-order chi connectivity index (χ0) is 13.5. The second kappa shape index (κ2) is 6.83. The topological polar surface area (TPSA) is 79.5 Å². The van der Waals surface area contributed by atoms with Gasteiger partial charge in [0.2, 0.25) is 0 Å². The Morgan fingerprint density at radius 3 is 2.72 bits per heavy atom. The van der Waals surface area contributed by atoms with Crippen LogP contribution in [-0.4, -0.2) is 23.5 Å². The maximum absolute atomic E-state index is 11.6. The van der Waals surface area contributed by atoms with Gasteiger partial charge >= 0.3 is 5.97 Å². The summed E-state index contributed by atoms with van der Waals surface area (Å²) >= 11 is 0. The lowest BCUT2D eigenvalue weighted by molar-refractivity contribution is -0.141. The van der Waals surface area contributed by atoms with Gasteiger partial charge in [-0.25, -0.2) is 0 Å². The molecule has 1 aromatic rings. The van der Waals surface area contributed by atoms with Gasteiger partial charge in [0.15, 0.2) is 5.76 Å². The first-order valence-corrected chi connectivity index (χ1v) is 6.14. The van der Waals surface area contributed by atoms with E-state index >= 15 is 0 Å². The number of carbonyl (C=O) groups excluding carboxylic acids is 1. The highest BCUT2D eigenvalue weighted by molar-refractivity contribution is 5.91. The largest absolute Gasteiger partial charge is 0.481 e. The van der Waals surface area contributed by atoms with E-state index in [1.54, 1.807) is 19.1 Å². The molecular weight excluding hydrogens is 234 g/mol. The number of carbonyl (C=O) groups is 2. The third-order valence-corrected chi connectivity index (χ3v) is 2.75. The van der Waals surface area contributed by atoms with E-state index in [-0.39, 0.29) is 11.8 Å². The molecular formula is C13H19NO4. The summed E-state index contributed by atoms with van der Waals surface area (Å²) in [7, 11) is 0. The van der Waals surface area contributed by atoms with E-state index in [0.29, 0.717) is 25.1 Å². The van der Waals surface area contributed by atoms with Crippen molar-refractivity contribution in [1.29, 1.82) is 0 Å². The molecule has 0 aliphatic heterocycles. The fraction of sp³-hybridized carbons (Fsp3) is 0.538. The van der Waals surface area contributed by atoms with Crippen LogP contribution in [0.4, 0.5) is 0 Å². The normalized spacial score (nSPS) is 12.1. The first-order chi connectivity index (χ1) is 8.54. The highest BCUT2D eigenvalue weighted by atomic mass is 16.4. The summed E-state index contributed by atoms with van der Waals surface area (Å²) in [6.45, 7) is 4.07. The lowest BCUT2D eigenvalue weighted by atomic mass is 10.1. The highest BCUT2D eigenvalue weighted by Gasteiger charge is 2.12. The van der Waals surface area contributed by atoms with Crippen molar-refractivity contribution >= 4 is 11.9 Å². The van der Waals surface area contributed by atoms with Crippen LogP contribution in [0.2, 0.25) is 0 Å². The van der Waals surface area contributed by atoms with E-state index in [2.05, 4.69) is 5.32 Å².